The van der Waals surface area contributed by atoms with E-state index in [1.807, 2.05) is 0 Å². The van der Waals surface area contributed by atoms with Crippen molar-refractivity contribution in [2.75, 3.05) is 26.2 Å². The number of hydrogen-bond acceptors (Lipinski definition) is 5. The minimum absolute atomic E-state index is 0.160. The maximum Gasteiger partial charge on any atom is 0.410 e. The number of rotatable bonds is 6. The molecular weight excluding hydrogens is 548 g/mol. The molecule has 2 atom stereocenters. The highest BCUT2D eigenvalue weighted by Gasteiger charge is 2.60. The first-order valence-electron chi connectivity index (χ1n) is 15.0. The lowest BCUT2D eigenvalue weighted by Gasteiger charge is -2.45. The molecule has 41 heavy (non-hydrogen) atoms. The summed E-state index contributed by atoms with van der Waals surface area (Å²) in [6.45, 7) is 3.50. The normalized spacial score (nSPS) is 26.0. The maximum absolute atomic E-state index is 14.3. The summed E-state index contributed by atoms with van der Waals surface area (Å²) in [5.41, 5.74) is -0.413. The van der Waals surface area contributed by atoms with Crippen LogP contribution in [0.1, 0.15) is 75.8 Å². The first-order chi connectivity index (χ1) is 19.8. The van der Waals surface area contributed by atoms with Crippen LogP contribution in [0.15, 0.2) is 53.4 Å². The van der Waals surface area contributed by atoms with Crippen LogP contribution >= 0.6 is 0 Å². The fourth-order valence-corrected chi connectivity index (χ4v) is 9.10. The molecule has 10 heteroatoms. The number of likely N-dealkylation sites (tertiary alicyclic amines) is 2. The highest BCUT2D eigenvalue weighted by molar-refractivity contribution is 7.89. The highest BCUT2D eigenvalue weighted by Crippen LogP contribution is 2.52. The molecule has 1 saturated carbocycles. The van der Waals surface area contributed by atoms with Crippen LogP contribution in [-0.2, 0) is 14.8 Å². The van der Waals surface area contributed by atoms with Gasteiger partial charge >= 0.3 is 6.09 Å². The van der Waals surface area contributed by atoms with Gasteiger partial charge in [-0.3, -0.25) is 0 Å². The quantitative estimate of drug-likeness (QED) is 0.423. The van der Waals surface area contributed by atoms with Crippen LogP contribution in [0.25, 0.3) is 0 Å². The van der Waals surface area contributed by atoms with Gasteiger partial charge in [0, 0.05) is 19.1 Å². The monoisotopic (exact) mass is 587 g/mol. The van der Waals surface area contributed by atoms with Crippen molar-refractivity contribution in [2.24, 2.45) is 0 Å². The fourth-order valence-electron chi connectivity index (χ4n) is 7.14. The smallest absolute Gasteiger partial charge is 0.410 e. The van der Waals surface area contributed by atoms with E-state index in [0.29, 0.717) is 56.8 Å². The molecule has 3 heterocycles. The zero-order chi connectivity index (χ0) is 28.6. The number of halogens is 2. The largest absolute Gasteiger partial charge is 0.441 e. The second-order valence-electron chi connectivity index (χ2n) is 12.1. The average molecular weight is 588 g/mol. The molecule has 1 amide bonds. The lowest BCUT2D eigenvalue weighted by Crippen LogP contribution is -2.55. The van der Waals surface area contributed by atoms with E-state index < -0.39 is 45.4 Å². The molecule has 0 N–H and O–H groups in total. The van der Waals surface area contributed by atoms with Crippen molar-refractivity contribution in [3.05, 3.63) is 65.7 Å². The van der Waals surface area contributed by atoms with E-state index in [-0.39, 0.29) is 4.90 Å². The van der Waals surface area contributed by atoms with Crippen molar-refractivity contribution in [1.29, 1.82) is 0 Å². The van der Waals surface area contributed by atoms with E-state index in [1.54, 1.807) is 17.0 Å². The van der Waals surface area contributed by atoms with Crippen molar-refractivity contribution in [3.8, 4) is 0 Å². The van der Waals surface area contributed by atoms with E-state index in [0.717, 1.165) is 32.0 Å². The Balaban J connectivity index is 1.24. The van der Waals surface area contributed by atoms with E-state index >= 15 is 0 Å². The van der Waals surface area contributed by atoms with Crippen LogP contribution < -0.4 is 0 Å². The number of benzene rings is 2. The third-order valence-electron chi connectivity index (χ3n) is 9.44. The first-order valence-corrected chi connectivity index (χ1v) is 16.5. The standard InChI is InChI=1S/C31H39F2N3O4S/c32-24-8-4-7-23(21-24)28-11-6-12-29(36(28)41(38,39)27-10-5-9-25(33)22-27)31(15-16-31)40-30(37)35-19-13-26(14-20-35)34-17-2-1-3-18-34/h4-5,7-10,21-22,26,28-29H,1-3,6,11-20H2/t28-,29+/m0/s1. The number of carbonyl (C=O) groups is 1. The Morgan fingerprint density at radius 2 is 1.51 bits per heavy atom. The Bertz CT molecular complexity index is 1350. The number of ether oxygens (including phenoxy) is 1. The minimum Gasteiger partial charge on any atom is -0.441 e. The van der Waals surface area contributed by atoms with Crippen molar-refractivity contribution in [3.63, 3.8) is 0 Å². The highest BCUT2D eigenvalue weighted by atomic mass is 32.2. The summed E-state index contributed by atoms with van der Waals surface area (Å²) in [4.78, 5) is 17.6. The predicted molar refractivity (Wildman–Crippen MR) is 151 cm³/mol. The molecular formula is C31H39F2N3O4S. The third-order valence-corrected chi connectivity index (χ3v) is 11.4. The van der Waals surface area contributed by atoms with Crippen LogP contribution in [0.2, 0.25) is 0 Å². The minimum atomic E-state index is -4.21. The molecule has 7 nitrogen and oxygen atoms in total. The molecule has 3 saturated heterocycles. The van der Waals surface area contributed by atoms with Gasteiger partial charge in [0.25, 0.3) is 0 Å². The zero-order valence-electron chi connectivity index (χ0n) is 23.4. The van der Waals surface area contributed by atoms with Gasteiger partial charge in [-0.2, -0.15) is 4.31 Å². The molecule has 4 fully saturated rings. The molecule has 6 rings (SSSR count). The topological polar surface area (TPSA) is 70.2 Å². The molecule has 2 aromatic rings. The van der Waals surface area contributed by atoms with Gasteiger partial charge in [0.1, 0.15) is 17.2 Å². The zero-order valence-corrected chi connectivity index (χ0v) is 24.2. The van der Waals surface area contributed by atoms with Gasteiger partial charge in [0.05, 0.1) is 17.0 Å². The molecule has 0 radical (unpaired) electrons. The average Bonchev–Trinajstić information content (AvgIpc) is 3.77. The molecule has 222 valence electrons. The van der Waals surface area contributed by atoms with Gasteiger partial charge in [-0.25, -0.2) is 22.0 Å². The Hall–Kier alpha value is -2.56. The van der Waals surface area contributed by atoms with Gasteiger partial charge in [-0.1, -0.05) is 24.6 Å². The van der Waals surface area contributed by atoms with Crippen LogP contribution in [0.4, 0.5) is 13.6 Å². The first kappa shape index (κ1) is 28.6. The lowest BCUT2D eigenvalue weighted by molar-refractivity contribution is -0.0144. The summed E-state index contributed by atoms with van der Waals surface area (Å²) in [6.07, 6.45) is 7.98. The third kappa shape index (κ3) is 5.88. The lowest BCUT2D eigenvalue weighted by atomic mass is 9.90. The summed E-state index contributed by atoms with van der Waals surface area (Å²) in [5, 5.41) is 0. The number of nitrogens with zero attached hydrogens (tertiary/aromatic N) is 3. The van der Waals surface area contributed by atoms with Crippen molar-refractivity contribution in [2.45, 2.75) is 92.8 Å². The number of hydrogen-bond donors (Lipinski definition) is 0. The summed E-state index contributed by atoms with van der Waals surface area (Å²) >= 11 is 0. The molecule has 4 aliphatic rings. The number of piperidine rings is 3. The second-order valence-corrected chi connectivity index (χ2v) is 13.9. The molecule has 3 aliphatic heterocycles. The Morgan fingerprint density at radius 3 is 2.17 bits per heavy atom. The van der Waals surface area contributed by atoms with Gasteiger partial charge < -0.3 is 14.5 Å². The second kappa shape index (κ2) is 11.6. The van der Waals surface area contributed by atoms with Gasteiger partial charge in [-0.05, 0) is 107 Å². The Morgan fingerprint density at radius 1 is 0.829 bits per heavy atom. The molecule has 2 aromatic carbocycles. The van der Waals surface area contributed by atoms with Gasteiger partial charge in [0.15, 0.2) is 0 Å². The Labute approximate surface area is 241 Å². The van der Waals surface area contributed by atoms with E-state index in [9.17, 15) is 22.0 Å². The van der Waals surface area contributed by atoms with E-state index in [1.165, 1.54) is 53.9 Å². The predicted octanol–water partition coefficient (Wildman–Crippen LogP) is 5.87. The summed E-state index contributed by atoms with van der Waals surface area (Å²) < 4.78 is 64.5. The van der Waals surface area contributed by atoms with Crippen LogP contribution in [0.5, 0.6) is 0 Å². The molecule has 1 aliphatic carbocycles. The van der Waals surface area contributed by atoms with Crippen LogP contribution in [-0.4, -0.2) is 72.5 Å². The number of sulfonamides is 1. The SMILES string of the molecule is O=C(OC1([C@H]2CCC[C@@H](c3cccc(F)c3)N2S(=O)(=O)c2cccc(F)c2)CC1)N1CCC(N2CCCCC2)CC1. The molecule has 0 unspecified atom stereocenters. The number of carbonyl (C=O) groups excluding carboxylic acids is 1. The van der Waals surface area contributed by atoms with Crippen LogP contribution in [0, 0.1) is 11.6 Å². The van der Waals surface area contributed by atoms with E-state index in [2.05, 4.69) is 4.90 Å². The van der Waals surface area contributed by atoms with Crippen molar-refractivity contribution in [1.82, 2.24) is 14.1 Å². The number of amides is 1. The van der Waals surface area contributed by atoms with Gasteiger partial charge in [0.2, 0.25) is 10.0 Å². The van der Waals surface area contributed by atoms with Crippen molar-refractivity contribution < 1.29 is 26.7 Å². The van der Waals surface area contributed by atoms with Gasteiger partial charge in [-0.15, -0.1) is 0 Å². The van der Waals surface area contributed by atoms with Crippen molar-refractivity contribution >= 4 is 16.1 Å². The molecule has 0 bridgehead atoms. The summed E-state index contributed by atoms with van der Waals surface area (Å²) in [7, 11) is -4.21. The summed E-state index contributed by atoms with van der Waals surface area (Å²) in [5.74, 6) is -1.10. The summed E-state index contributed by atoms with van der Waals surface area (Å²) in [6, 6.07) is 10.2. The van der Waals surface area contributed by atoms with Crippen LogP contribution in [0.3, 0.4) is 0 Å². The maximum atomic E-state index is 14.3. The molecule has 0 aromatic heterocycles. The Kier molecular flexibility index (Phi) is 8.09. The van der Waals surface area contributed by atoms with E-state index in [4.69, 9.17) is 4.74 Å². The molecule has 0 spiro atoms. The fraction of sp³-hybridized carbons (Fsp3) is 0.581.